The third-order valence-corrected chi connectivity index (χ3v) is 5.43. The van der Waals surface area contributed by atoms with Crippen molar-refractivity contribution in [3.63, 3.8) is 0 Å². The molecule has 4 heterocycles. The maximum absolute atomic E-state index is 11.6. The minimum atomic E-state index is -0.706. The van der Waals surface area contributed by atoms with Crippen molar-refractivity contribution in [2.24, 2.45) is 11.8 Å². The van der Waals surface area contributed by atoms with Gasteiger partial charge in [0.2, 0.25) is 0 Å². The summed E-state index contributed by atoms with van der Waals surface area (Å²) in [6, 6.07) is 0.118. The van der Waals surface area contributed by atoms with Crippen molar-refractivity contribution in [1.82, 2.24) is 15.1 Å². The third-order valence-electron chi connectivity index (χ3n) is 5.43. The number of fused-ring (bicyclic) bond motifs is 2. The molecule has 0 saturated carbocycles. The van der Waals surface area contributed by atoms with Crippen molar-refractivity contribution in [2.45, 2.75) is 37.9 Å². The summed E-state index contributed by atoms with van der Waals surface area (Å²) in [7, 11) is 2.09. The number of likely N-dealkylation sites (tertiary alicyclic amines) is 1. The molecule has 0 spiro atoms. The van der Waals surface area contributed by atoms with Crippen LogP contribution in [0.2, 0.25) is 0 Å². The summed E-state index contributed by atoms with van der Waals surface area (Å²) in [4.78, 5) is 16.4. The second-order valence-electron chi connectivity index (χ2n) is 6.33. The number of carboxylic acid groups (broad SMARTS) is 1. The smallest absolute Gasteiger partial charge is 0.322 e. The first kappa shape index (κ1) is 13.3. The molecule has 2 N–H and O–H groups in total. The number of piperidine rings is 3. The lowest BCUT2D eigenvalue weighted by atomic mass is 9.73. The van der Waals surface area contributed by atoms with E-state index in [1.54, 1.807) is 0 Å². The standard InChI is InChI=1S/C14H25N3O2/c1-3-15-11(14(18)19)13-12-10(8-16(13)2)9-4-6-17(12)7-5-9/h9-13,15H,3-8H2,1-2H3,(H,18,19). The Hall–Kier alpha value is -0.650. The Kier molecular flexibility index (Phi) is 3.53. The summed E-state index contributed by atoms with van der Waals surface area (Å²) in [5.41, 5.74) is 0. The van der Waals surface area contributed by atoms with Crippen LogP contribution in [-0.2, 0) is 4.79 Å². The number of carbonyl (C=O) groups is 1. The van der Waals surface area contributed by atoms with E-state index in [0.29, 0.717) is 18.5 Å². The molecule has 4 aliphatic rings. The van der Waals surface area contributed by atoms with Crippen LogP contribution in [0.1, 0.15) is 19.8 Å². The molecular formula is C14H25N3O2. The summed E-state index contributed by atoms with van der Waals surface area (Å²) in [6.07, 6.45) is 2.61. The average Bonchev–Trinajstić information content (AvgIpc) is 2.76. The van der Waals surface area contributed by atoms with Gasteiger partial charge in [0.15, 0.2) is 0 Å². The van der Waals surface area contributed by atoms with Crippen LogP contribution in [0.5, 0.6) is 0 Å². The van der Waals surface area contributed by atoms with Gasteiger partial charge < -0.3 is 10.4 Å². The minimum absolute atomic E-state index is 0.116. The highest BCUT2D eigenvalue weighted by Gasteiger charge is 2.54. The van der Waals surface area contributed by atoms with Crippen LogP contribution in [0, 0.1) is 11.8 Å². The van der Waals surface area contributed by atoms with Gasteiger partial charge in [-0.05, 0) is 51.4 Å². The highest BCUT2D eigenvalue weighted by atomic mass is 16.4. The van der Waals surface area contributed by atoms with Gasteiger partial charge in [0.1, 0.15) is 6.04 Å². The topological polar surface area (TPSA) is 55.8 Å². The van der Waals surface area contributed by atoms with Crippen LogP contribution >= 0.6 is 0 Å². The third kappa shape index (κ3) is 2.08. The Morgan fingerprint density at radius 3 is 2.68 bits per heavy atom. The van der Waals surface area contributed by atoms with E-state index >= 15 is 0 Å². The molecular weight excluding hydrogens is 242 g/mol. The zero-order chi connectivity index (χ0) is 13.6. The first-order chi connectivity index (χ1) is 9.13. The molecule has 5 nitrogen and oxygen atoms in total. The van der Waals surface area contributed by atoms with Crippen LogP contribution in [0.15, 0.2) is 0 Å². The zero-order valence-corrected chi connectivity index (χ0v) is 11.9. The molecule has 0 radical (unpaired) electrons. The molecule has 4 unspecified atom stereocenters. The monoisotopic (exact) mass is 267 g/mol. The number of rotatable bonds is 4. The van der Waals surface area contributed by atoms with Gasteiger partial charge in [-0.3, -0.25) is 14.6 Å². The van der Waals surface area contributed by atoms with Gasteiger partial charge in [0.05, 0.1) is 6.04 Å². The van der Waals surface area contributed by atoms with E-state index in [9.17, 15) is 9.90 Å². The Morgan fingerprint density at radius 1 is 1.42 bits per heavy atom. The van der Waals surface area contributed by atoms with Crippen molar-refractivity contribution in [3.8, 4) is 0 Å². The molecule has 4 aliphatic heterocycles. The summed E-state index contributed by atoms with van der Waals surface area (Å²) in [6.45, 7) is 6.08. The van der Waals surface area contributed by atoms with Gasteiger partial charge in [0.25, 0.3) is 0 Å². The van der Waals surface area contributed by atoms with Gasteiger partial charge in [-0.1, -0.05) is 6.92 Å². The molecule has 0 aliphatic carbocycles. The van der Waals surface area contributed by atoms with E-state index in [4.69, 9.17) is 0 Å². The van der Waals surface area contributed by atoms with Crippen molar-refractivity contribution in [3.05, 3.63) is 0 Å². The SMILES string of the molecule is CCNC(C(=O)O)C1C2C(CN1C)C1CCN2CC1. The van der Waals surface area contributed by atoms with E-state index in [1.807, 2.05) is 6.92 Å². The van der Waals surface area contributed by atoms with Crippen LogP contribution in [-0.4, -0.2) is 72.2 Å². The molecule has 0 aromatic heterocycles. The Balaban J connectivity index is 1.86. The fraction of sp³-hybridized carbons (Fsp3) is 0.929. The predicted octanol–water partition coefficient (Wildman–Crippen LogP) is 0.0735. The van der Waals surface area contributed by atoms with Gasteiger partial charge in [-0.2, -0.15) is 0 Å². The van der Waals surface area contributed by atoms with Crippen molar-refractivity contribution < 1.29 is 9.90 Å². The first-order valence-corrected chi connectivity index (χ1v) is 7.54. The van der Waals surface area contributed by atoms with Gasteiger partial charge >= 0.3 is 5.97 Å². The molecule has 0 aromatic carbocycles. The number of hydrogen-bond donors (Lipinski definition) is 2. The van der Waals surface area contributed by atoms with Crippen molar-refractivity contribution in [1.29, 1.82) is 0 Å². The van der Waals surface area contributed by atoms with Crippen LogP contribution in [0.25, 0.3) is 0 Å². The molecule has 2 bridgehead atoms. The molecule has 108 valence electrons. The quantitative estimate of drug-likeness (QED) is 0.755. The van der Waals surface area contributed by atoms with Gasteiger partial charge in [-0.15, -0.1) is 0 Å². The largest absolute Gasteiger partial charge is 0.480 e. The molecule has 0 aromatic rings. The number of likely N-dealkylation sites (N-methyl/N-ethyl adjacent to an activating group) is 2. The molecule has 19 heavy (non-hydrogen) atoms. The number of aliphatic carboxylic acids is 1. The highest BCUT2D eigenvalue weighted by Crippen LogP contribution is 2.44. The fourth-order valence-corrected chi connectivity index (χ4v) is 4.66. The van der Waals surface area contributed by atoms with E-state index in [2.05, 4.69) is 22.2 Å². The maximum Gasteiger partial charge on any atom is 0.322 e. The van der Waals surface area contributed by atoms with Crippen molar-refractivity contribution >= 4 is 5.97 Å². The van der Waals surface area contributed by atoms with Crippen LogP contribution in [0.4, 0.5) is 0 Å². The summed E-state index contributed by atoms with van der Waals surface area (Å²) in [5, 5.41) is 12.7. The van der Waals surface area contributed by atoms with E-state index in [-0.39, 0.29) is 6.04 Å². The molecule has 4 fully saturated rings. The number of carboxylic acids is 1. The van der Waals surface area contributed by atoms with Crippen LogP contribution in [0.3, 0.4) is 0 Å². The lowest BCUT2D eigenvalue weighted by molar-refractivity contribution is -0.142. The van der Waals surface area contributed by atoms with E-state index < -0.39 is 12.0 Å². The molecule has 0 amide bonds. The van der Waals surface area contributed by atoms with E-state index in [1.165, 1.54) is 12.8 Å². The fourth-order valence-electron chi connectivity index (χ4n) is 4.66. The normalized spacial score (nSPS) is 43.2. The molecule has 4 rings (SSSR count). The second kappa shape index (κ2) is 5.04. The van der Waals surface area contributed by atoms with E-state index in [0.717, 1.165) is 25.6 Å². The molecule has 5 heteroatoms. The number of nitrogens with zero attached hydrogens (tertiary/aromatic N) is 2. The number of hydrogen-bond acceptors (Lipinski definition) is 4. The summed E-state index contributed by atoms with van der Waals surface area (Å²) >= 11 is 0. The minimum Gasteiger partial charge on any atom is -0.480 e. The van der Waals surface area contributed by atoms with Crippen LogP contribution < -0.4 is 5.32 Å². The average molecular weight is 267 g/mol. The summed E-state index contributed by atoms with van der Waals surface area (Å²) in [5.74, 6) is 0.790. The lowest BCUT2D eigenvalue weighted by Gasteiger charge is -2.50. The molecule has 4 atom stereocenters. The van der Waals surface area contributed by atoms with Crippen molar-refractivity contribution in [2.75, 3.05) is 33.2 Å². The Labute approximate surface area is 114 Å². The Morgan fingerprint density at radius 2 is 2.11 bits per heavy atom. The zero-order valence-electron chi connectivity index (χ0n) is 11.9. The second-order valence-corrected chi connectivity index (χ2v) is 6.33. The van der Waals surface area contributed by atoms with Gasteiger partial charge in [-0.25, -0.2) is 0 Å². The maximum atomic E-state index is 11.6. The summed E-state index contributed by atoms with van der Waals surface area (Å²) < 4.78 is 0. The molecule has 4 saturated heterocycles. The number of nitrogens with one attached hydrogen (secondary N) is 1. The van der Waals surface area contributed by atoms with Gasteiger partial charge in [0, 0.05) is 12.6 Å². The highest BCUT2D eigenvalue weighted by molar-refractivity contribution is 5.74. The predicted molar refractivity (Wildman–Crippen MR) is 73.1 cm³/mol. The first-order valence-electron chi connectivity index (χ1n) is 7.54. The lowest BCUT2D eigenvalue weighted by Crippen LogP contribution is -2.63. The Bertz CT molecular complexity index is 355.